The highest BCUT2D eigenvalue weighted by Gasteiger charge is 2.27. The molecule has 4 heteroatoms. The molecule has 0 aliphatic heterocycles. The zero-order valence-corrected chi connectivity index (χ0v) is 30.5. The van der Waals surface area contributed by atoms with E-state index in [4.69, 9.17) is 14.4 Å². The van der Waals surface area contributed by atoms with Gasteiger partial charge >= 0.3 is 0 Å². The molecule has 9 rings (SSSR count). The molecule has 0 aliphatic rings. The largest absolute Gasteiger partial charge is 0.455 e. The van der Waals surface area contributed by atoms with Crippen LogP contribution in [0.5, 0.6) is 0 Å². The van der Waals surface area contributed by atoms with E-state index >= 15 is 0 Å². The number of para-hydroxylation sites is 2. The average molecular weight is 676 g/mol. The molecule has 9 aromatic rings. The summed E-state index contributed by atoms with van der Waals surface area (Å²) in [5, 5.41) is 3.21. The van der Waals surface area contributed by atoms with Crippen molar-refractivity contribution >= 4 is 43.9 Å². The molecule has 254 valence electrons. The first kappa shape index (κ1) is 31.9. The van der Waals surface area contributed by atoms with Gasteiger partial charge in [0, 0.05) is 16.2 Å². The van der Waals surface area contributed by atoms with E-state index in [1.54, 1.807) is 0 Å². The van der Waals surface area contributed by atoms with Gasteiger partial charge in [-0.25, -0.2) is 4.98 Å². The molecule has 0 atom stereocenters. The fourth-order valence-corrected chi connectivity index (χ4v) is 7.86. The fourth-order valence-electron chi connectivity index (χ4n) is 7.86. The number of aromatic nitrogens is 3. The second-order valence-corrected chi connectivity index (χ2v) is 14.7. The molecule has 0 unspecified atom stereocenters. The number of benzene rings is 6. The number of hydrogen-bond acceptors (Lipinski definition) is 3. The third kappa shape index (κ3) is 5.12. The monoisotopic (exact) mass is 675 g/mol. The Morgan fingerprint density at radius 1 is 0.558 bits per heavy atom. The third-order valence-corrected chi connectivity index (χ3v) is 10.5. The quantitative estimate of drug-likeness (QED) is 0.176. The maximum Gasteiger partial charge on any atom is 0.149 e. The predicted octanol–water partition coefficient (Wildman–Crippen LogP) is 13.3. The lowest BCUT2D eigenvalue weighted by Gasteiger charge is -2.24. The number of fused-ring (bicyclic) bond motifs is 6. The number of hydrogen-bond donors (Lipinski definition) is 0. The lowest BCUT2D eigenvalue weighted by molar-refractivity contribution is 0.669. The topological polar surface area (TPSA) is 43.9 Å². The van der Waals surface area contributed by atoms with E-state index < -0.39 is 0 Å². The number of nitrogens with zero attached hydrogens (tertiary/aromatic N) is 3. The van der Waals surface area contributed by atoms with Crippen molar-refractivity contribution in [1.82, 2.24) is 14.5 Å². The van der Waals surface area contributed by atoms with Crippen molar-refractivity contribution in [2.45, 2.75) is 53.4 Å². The smallest absolute Gasteiger partial charge is 0.149 e. The SMILES string of the molecule is Cc1ccc(-c2ccc3c(c2)oc2c(-c4nc5c6ccccc6nc(C)c5n4-c4c(C(C)C)cc(-c5ccccc5)cc4C(C)C)cccc23)cc1. The first-order valence-electron chi connectivity index (χ1n) is 18.3. The Kier molecular flexibility index (Phi) is 7.58. The van der Waals surface area contributed by atoms with Gasteiger partial charge < -0.3 is 4.42 Å². The summed E-state index contributed by atoms with van der Waals surface area (Å²) in [6.45, 7) is 13.4. The Hall–Kier alpha value is -6.00. The van der Waals surface area contributed by atoms with Crippen LogP contribution < -0.4 is 0 Å². The Labute approximate surface area is 304 Å². The number of imidazole rings is 1. The Bertz CT molecular complexity index is 2770. The van der Waals surface area contributed by atoms with E-state index in [2.05, 4.69) is 174 Å². The molecule has 0 spiro atoms. The molecule has 3 heterocycles. The van der Waals surface area contributed by atoms with Gasteiger partial charge in [0.2, 0.25) is 0 Å². The molecule has 0 aliphatic carbocycles. The first-order chi connectivity index (χ1) is 25.3. The number of rotatable bonds is 6. The molecular formula is C48H41N3O. The van der Waals surface area contributed by atoms with Gasteiger partial charge in [-0.3, -0.25) is 9.55 Å². The van der Waals surface area contributed by atoms with Gasteiger partial charge in [-0.2, -0.15) is 0 Å². The van der Waals surface area contributed by atoms with Crippen molar-refractivity contribution < 1.29 is 4.42 Å². The van der Waals surface area contributed by atoms with Crippen LogP contribution in [0.4, 0.5) is 0 Å². The number of furan rings is 1. The second kappa shape index (κ2) is 12.3. The molecule has 0 fully saturated rings. The molecule has 0 bridgehead atoms. The van der Waals surface area contributed by atoms with Crippen LogP contribution in [0.3, 0.4) is 0 Å². The number of aryl methyl sites for hydroxylation is 2. The molecule has 3 aromatic heterocycles. The zero-order chi connectivity index (χ0) is 35.7. The highest BCUT2D eigenvalue weighted by Crippen LogP contribution is 2.44. The van der Waals surface area contributed by atoms with Gasteiger partial charge in [0.1, 0.15) is 22.5 Å². The summed E-state index contributed by atoms with van der Waals surface area (Å²) < 4.78 is 9.30. The van der Waals surface area contributed by atoms with Crippen LogP contribution in [0, 0.1) is 13.8 Å². The molecular weight excluding hydrogens is 635 g/mol. The van der Waals surface area contributed by atoms with Crippen LogP contribution in [0.1, 0.15) is 61.9 Å². The van der Waals surface area contributed by atoms with Crippen LogP contribution in [-0.2, 0) is 0 Å². The van der Waals surface area contributed by atoms with Crippen molar-refractivity contribution in [3.05, 3.63) is 150 Å². The van der Waals surface area contributed by atoms with Crippen molar-refractivity contribution in [2.75, 3.05) is 0 Å². The molecule has 0 N–H and O–H groups in total. The lowest BCUT2D eigenvalue weighted by Crippen LogP contribution is -2.10. The summed E-state index contributed by atoms with van der Waals surface area (Å²) in [6, 6.07) is 45.5. The van der Waals surface area contributed by atoms with E-state index in [1.165, 1.54) is 39.1 Å². The van der Waals surface area contributed by atoms with E-state index in [1.807, 2.05) is 0 Å². The Morgan fingerprint density at radius 2 is 1.21 bits per heavy atom. The van der Waals surface area contributed by atoms with Crippen LogP contribution in [0.2, 0.25) is 0 Å². The van der Waals surface area contributed by atoms with Crippen LogP contribution in [-0.4, -0.2) is 14.5 Å². The van der Waals surface area contributed by atoms with Crippen LogP contribution in [0.15, 0.2) is 132 Å². The van der Waals surface area contributed by atoms with Crippen molar-refractivity contribution in [3.8, 4) is 39.3 Å². The minimum absolute atomic E-state index is 0.248. The maximum absolute atomic E-state index is 6.89. The molecule has 0 saturated carbocycles. The highest BCUT2D eigenvalue weighted by atomic mass is 16.3. The van der Waals surface area contributed by atoms with Crippen molar-refractivity contribution in [3.63, 3.8) is 0 Å². The van der Waals surface area contributed by atoms with Gasteiger partial charge in [-0.15, -0.1) is 0 Å². The lowest BCUT2D eigenvalue weighted by atomic mass is 9.88. The zero-order valence-electron chi connectivity index (χ0n) is 30.5. The van der Waals surface area contributed by atoms with E-state index in [0.717, 1.165) is 66.5 Å². The van der Waals surface area contributed by atoms with Gasteiger partial charge in [0.15, 0.2) is 0 Å². The summed E-state index contributed by atoms with van der Waals surface area (Å²) in [6.07, 6.45) is 0. The summed E-state index contributed by atoms with van der Waals surface area (Å²) in [7, 11) is 0. The summed E-state index contributed by atoms with van der Waals surface area (Å²) in [5.74, 6) is 1.35. The van der Waals surface area contributed by atoms with Gasteiger partial charge in [-0.05, 0) is 95.5 Å². The molecule has 4 nitrogen and oxygen atoms in total. The highest BCUT2D eigenvalue weighted by molar-refractivity contribution is 6.11. The number of pyridine rings is 1. The Morgan fingerprint density at radius 3 is 1.94 bits per heavy atom. The average Bonchev–Trinajstić information content (AvgIpc) is 3.74. The minimum atomic E-state index is 0.248. The fraction of sp³-hybridized carbons (Fsp3) is 0.167. The standard InChI is InChI=1S/C48H41N3O/c1-28(2)40-25-35(32-13-8-7-9-14-32)26-41(29(3)4)46(40)51-45-31(6)49-42-18-11-10-15-38(42)44(45)50-48(51)39-17-12-16-37-36-24-23-34(27-43(36)52-47(37)39)33-21-19-30(5)20-22-33/h7-29H,1-6H3. The molecule has 0 amide bonds. The first-order valence-corrected chi connectivity index (χ1v) is 18.3. The van der Waals surface area contributed by atoms with Crippen LogP contribution in [0.25, 0.3) is 83.2 Å². The van der Waals surface area contributed by atoms with Gasteiger partial charge in [0.05, 0.1) is 28.0 Å². The molecule has 0 radical (unpaired) electrons. The van der Waals surface area contributed by atoms with Gasteiger partial charge in [-0.1, -0.05) is 124 Å². The minimum Gasteiger partial charge on any atom is -0.455 e. The summed E-state index contributed by atoms with van der Waals surface area (Å²) in [4.78, 5) is 10.8. The van der Waals surface area contributed by atoms with Crippen LogP contribution >= 0.6 is 0 Å². The van der Waals surface area contributed by atoms with E-state index in [9.17, 15) is 0 Å². The molecule has 52 heavy (non-hydrogen) atoms. The third-order valence-electron chi connectivity index (χ3n) is 10.5. The van der Waals surface area contributed by atoms with Gasteiger partial charge in [0.25, 0.3) is 0 Å². The maximum atomic E-state index is 6.89. The molecule has 6 aromatic carbocycles. The van der Waals surface area contributed by atoms with E-state index in [-0.39, 0.29) is 11.8 Å². The normalized spacial score (nSPS) is 12.0. The summed E-state index contributed by atoms with van der Waals surface area (Å²) in [5.41, 5.74) is 16.3. The summed E-state index contributed by atoms with van der Waals surface area (Å²) >= 11 is 0. The molecule has 0 saturated heterocycles. The van der Waals surface area contributed by atoms with Crippen molar-refractivity contribution in [2.24, 2.45) is 0 Å². The van der Waals surface area contributed by atoms with Crippen molar-refractivity contribution in [1.29, 1.82) is 0 Å². The second-order valence-electron chi connectivity index (χ2n) is 14.7. The predicted molar refractivity (Wildman–Crippen MR) is 218 cm³/mol. The van der Waals surface area contributed by atoms with E-state index in [0.29, 0.717) is 0 Å². The Balaban J connectivity index is 1.38.